The van der Waals surface area contributed by atoms with Gasteiger partial charge in [-0.2, -0.15) is 0 Å². The second-order valence-electron chi connectivity index (χ2n) is 5.69. The van der Waals surface area contributed by atoms with Crippen LogP contribution in [-0.2, 0) is 6.42 Å². The van der Waals surface area contributed by atoms with E-state index in [1.54, 1.807) is 12.1 Å². The molecule has 2 heteroatoms. The van der Waals surface area contributed by atoms with Gasteiger partial charge in [-0.15, -0.1) is 0 Å². The maximum Gasteiger partial charge on any atom is 0.126 e. The molecule has 0 amide bonds. The lowest BCUT2D eigenvalue weighted by molar-refractivity contribution is -0.0285. The second-order valence-corrected chi connectivity index (χ2v) is 5.69. The van der Waals surface area contributed by atoms with Crippen LogP contribution >= 0.6 is 0 Å². The molecule has 0 radical (unpaired) electrons. The number of benzene rings is 1. The number of hydrogen-bond acceptors (Lipinski definition) is 1. The summed E-state index contributed by atoms with van der Waals surface area (Å²) in [5.41, 5.74) is -0.0783. The van der Waals surface area contributed by atoms with Crippen LogP contribution in [0.1, 0.15) is 38.7 Å². The summed E-state index contributed by atoms with van der Waals surface area (Å²) in [6.45, 7) is 4.41. The highest BCUT2D eigenvalue weighted by Gasteiger charge is 2.36. The summed E-state index contributed by atoms with van der Waals surface area (Å²) < 4.78 is 13.6. The first-order valence-electron chi connectivity index (χ1n) is 6.46. The van der Waals surface area contributed by atoms with E-state index < -0.39 is 5.60 Å². The molecule has 94 valence electrons. The lowest BCUT2D eigenvalue weighted by Crippen LogP contribution is -2.39. The van der Waals surface area contributed by atoms with Gasteiger partial charge in [0.25, 0.3) is 0 Å². The number of rotatable bonds is 2. The number of halogens is 1. The zero-order valence-electron chi connectivity index (χ0n) is 10.6. The van der Waals surface area contributed by atoms with Gasteiger partial charge in [0, 0.05) is 6.42 Å². The molecule has 1 fully saturated rings. The molecule has 0 heterocycles. The van der Waals surface area contributed by atoms with Gasteiger partial charge in [-0.05, 0) is 42.7 Å². The minimum absolute atomic E-state index is 0.202. The molecule has 1 aromatic rings. The summed E-state index contributed by atoms with van der Waals surface area (Å²) in [6.07, 6.45) is 3.04. The molecule has 0 spiro atoms. The first-order chi connectivity index (χ1) is 8.00. The van der Waals surface area contributed by atoms with Crippen LogP contribution in [0.15, 0.2) is 24.3 Å². The smallest absolute Gasteiger partial charge is 0.126 e. The van der Waals surface area contributed by atoms with Crippen molar-refractivity contribution in [3.05, 3.63) is 35.6 Å². The van der Waals surface area contributed by atoms with Crippen LogP contribution in [0.3, 0.4) is 0 Å². The maximum atomic E-state index is 13.6. The fraction of sp³-hybridized carbons (Fsp3) is 0.600. The summed E-state index contributed by atoms with van der Waals surface area (Å²) in [5.74, 6) is 0.976. The first kappa shape index (κ1) is 12.6. The van der Waals surface area contributed by atoms with E-state index in [1.807, 2.05) is 6.07 Å². The Morgan fingerprint density at radius 3 is 2.65 bits per heavy atom. The molecule has 1 aromatic carbocycles. The minimum atomic E-state index is -0.714. The van der Waals surface area contributed by atoms with Crippen molar-refractivity contribution < 1.29 is 9.50 Å². The standard InChI is InChI=1S/C15H21FO/c1-11-7-8-15(17,9-12(11)2)10-13-5-3-4-6-14(13)16/h3-6,11-12,17H,7-10H2,1-2H3. The Hall–Kier alpha value is -0.890. The van der Waals surface area contributed by atoms with Crippen molar-refractivity contribution in [3.8, 4) is 0 Å². The third kappa shape index (κ3) is 2.86. The van der Waals surface area contributed by atoms with Crippen molar-refractivity contribution in [1.29, 1.82) is 0 Å². The minimum Gasteiger partial charge on any atom is -0.390 e. The van der Waals surface area contributed by atoms with Crippen LogP contribution in [0.25, 0.3) is 0 Å². The van der Waals surface area contributed by atoms with Gasteiger partial charge in [0.1, 0.15) is 5.82 Å². The van der Waals surface area contributed by atoms with Crippen molar-refractivity contribution in [2.45, 2.75) is 45.1 Å². The molecular formula is C15H21FO. The molecule has 1 N–H and O–H groups in total. The molecule has 0 saturated heterocycles. The Morgan fingerprint density at radius 2 is 2.00 bits per heavy atom. The third-order valence-electron chi connectivity index (χ3n) is 4.22. The molecule has 1 nitrogen and oxygen atoms in total. The van der Waals surface area contributed by atoms with Crippen LogP contribution in [-0.4, -0.2) is 10.7 Å². The predicted molar refractivity (Wildman–Crippen MR) is 67.2 cm³/mol. The molecule has 3 atom stereocenters. The average Bonchev–Trinajstić information content (AvgIpc) is 2.28. The summed E-state index contributed by atoms with van der Waals surface area (Å²) in [7, 11) is 0. The van der Waals surface area contributed by atoms with Crippen molar-refractivity contribution in [1.82, 2.24) is 0 Å². The summed E-state index contributed by atoms with van der Waals surface area (Å²) in [6, 6.07) is 6.76. The van der Waals surface area contributed by atoms with E-state index in [1.165, 1.54) is 6.07 Å². The van der Waals surface area contributed by atoms with E-state index in [0.29, 0.717) is 23.8 Å². The van der Waals surface area contributed by atoms with Gasteiger partial charge < -0.3 is 5.11 Å². The molecule has 0 aromatic heterocycles. The zero-order valence-corrected chi connectivity index (χ0v) is 10.6. The van der Waals surface area contributed by atoms with E-state index in [0.717, 1.165) is 19.3 Å². The molecule has 1 aliphatic carbocycles. The van der Waals surface area contributed by atoms with Gasteiger partial charge >= 0.3 is 0 Å². The largest absolute Gasteiger partial charge is 0.390 e. The van der Waals surface area contributed by atoms with Gasteiger partial charge in [-0.25, -0.2) is 4.39 Å². The van der Waals surface area contributed by atoms with E-state index in [4.69, 9.17) is 0 Å². The fourth-order valence-electron chi connectivity index (χ4n) is 2.84. The van der Waals surface area contributed by atoms with Crippen LogP contribution in [0, 0.1) is 17.7 Å². The lowest BCUT2D eigenvalue weighted by atomic mass is 9.71. The molecule has 2 rings (SSSR count). The maximum absolute atomic E-state index is 13.6. The normalized spacial score (nSPS) is 33.6. The van der Waals surface area contributed by atoms with Gasteiger partial charge in [-0.3, -0.25) is 0 Å². The topological polar surface area (TPSA) is 20.2 Å². The molecule has 1 aliphatic rings. The van der Waals surface area contributed by atoms with E-state index >= 15 is 0 Å². The molecule has 3 unspecified atom stereocenters. The first-order valence-corrected chi connectivity index (χ1v) is 6.46. The van der Waals surface area contributed by atoms with E-state index in [-0.39, 0.29) is 5.82 Å². The van der Waals surface area contributed by atoms with Gasteiger partial charge in [0.15, 0.2) is 0 Å². The monoisotopic (exact) mass is 236 g/mol. The molecule has 0 bridgehead atoms. The highest BCUT2D eigenvalue weighted by atomic mass is 19.1. The van der Waals surface area contributed by atoms with Crippen molar-refractivity contribution in [2.24, 2.45) is 11.8 Å². The van der Waals surface area contributed by atoms with Gasteiger partial charge in [-0.1, -0.05) is 32.0 Å². The fourth-order valence-corrected chi connectivity index (χ4v) is 2.84. The van der Waals surface area contributed by atoms with Crippen LogP contribution in [0.4, 0.5) is 4.39 Å². The summed E-state index contributed by atoms with van der Waals surface area (Å²) in [4.78, 5) is 0. The Labute approximate surface area is 103 Å². The highest BCUT2D eigenvalue weighted by Crippen LogP contribution is 2.38. The van der Waals surface area contributed by atoms with Gasteiger partial charge in [0.2, 0.25) is 0 Å². The average molecular weight is 236 g/mol. The van der Waals surface area contributed by atoms with Gasteiger partial charge in [0.05, 0.1) is 5.60 Å². The lowest BCUT2D eigenvalue weighted by Gasteiger charge is -2.39. The number of aliphatic hydroxyl groups is 1. The molecule has 1 saturated carbocycles. The Balaban J connectivity index is 2.10. The van der Waals surface area contributed by atoms with Crippen LogP contribution in [0.2, 0.25) is 0 Å². The highest BCUT2D eigenvalue weighted by molar-refractivity contribution is 5.19. The van der Waals surface area contributed by atoms with Crippen LogP contribution in [0.5, 0.6) is 0 Å². The Kier molecular flexibility index (Phi) is 3.53. The van der Waals surface area contributed by atoms with Crippen molar-refractivity contribution >= 4 is 0 Å². The van der Waals surface area contributed by atoms with Crippen LogP contribution < -0.4 is 0 Å². The second kappa shape index (κ2) is 4.77. The summed E-state index contributed by atoms with van der Waals surface area (Å²) >= 11 is 0. The SMILES string of the molecule is CC1CCC(O)(Cc2ccccc2F)CC1C. The van der Waals surface area contributed by atoms with Crippen molar-refractivity contribution in [3.63, 3.8) is 0 Å². The molecule has 17 heavy (non-hydrogen) atoms. The zero-order chi connectivity index (χ0) is 12.5. The Morgan fingerprint density at radius 1 is 1.29 bits per heavy atom. The number of hydrogen-bond donors (Lipinski definition) is 1. The van der Waals surface area contributed by atoms with E-state index in [2.05, 4.69) is 13.8 Å². The molecule has 0 aliphatic heterocycles. The third-order valence-corrected chi connectivity index (χ3v) is 4.22. The summed E-state index contributed by atoms with van der Waals surface area (Å²) in [5, 5.41) is 10.6. The molecular weight excluding hydrogens is 215 g/mol. The Bertz CT molecular complexity index is 390. The van der Waals surface area contributed by atoms with E-state index in [9.17, 15) is 9.50 Å². The van der Waals surface area contributed by atoms with Crippen molar-refractivity contribution in [2.75, 3.05) is 0 Å². The quantitative estimate of drug-likeness (QED) is 0.832. The predicted octanol–water partition coefficient (Wildman–Crippen LogP) is 3.56.